The van der Waals surface area contributed by atoms with E-state index in [2.05, 4.69) is 157 Å². The molecule has 0 spiro atoms. The molecule has 11 aromatic rings. The monoisotopic (exact) mass is 740 g/mol. The zero-order valence-electron chi connectivity index (χ0n) is 31.2. The smallest absolute Gasteiger partial charge is 0.227 e. The average molecular weight is 741 g/mol. The third kappa shape index (κ3) is 5.17. The van der Waals surface area contributed by atoms with E-state index in [1.54, 1.807) is 6.20 Å². The lowest BCUT2D eigenvalue weighted by molar-refractivity contribution is 0.654. The van der Waals surface area contributed by atoms with Crippen LogP contribution in [0.5, 0.6) is 0 Å². The van der Waals surface area contributed by atoms with Gasteiger partial charge in [-0.05, 0) is 103 Å². The molecule has 58 heavy (non-hydrogen) atoms. The Morgan fingerprint density at radius 3 is 1.88 bits per heavy atom. The molecule has 1 atom stereocenters. The minimum Gasteiger partial charge on any atom is -0.438 e. The molecule has 1 aliphatic carbocycles. The van der Waals surface area contributed by atoms with Crippen LogP contribution in [-0.2, 0) is 0 Å². The van der Waals surface area contributed by atoms with E-state index < -0.39 is 0 Å². The van der Waals surface area contributed by atoms with Gasteiger partial charge in [-0.25, -0.2) is 19.9 Å². The quantitative estimate of drug-likeness (QED) is 0.176. The Hall–Kier alpha value is -7.76. The molecule has 0 saturated carbocycles. The molecule has 270 valence electrons. The SMILES string of the molecule is c1ccc(-c2ccc(-c3nc(-c4ccc5oc6ncccc6c5c4)nc(-c4cccc5c(C6c7ccccc7-c7cc8ccccc8cc76)cccc45)n3)cc2)cc1. The van der Waals surface area contributed by atoms with Gasteiger partial charge in [-0.2, -0.15) is 0 Å². The molecule has 5 nitrogen and oxygen atoms in total. The molecule has 1 unspecified atom stereocenters. The van der Waals surface area contributed by atoms with E-state index in [-0.39, 0.29) is 5.92 Å². The molecule has 12 rings (SSSR count). The van der Waals surface area contributed by atoms with Gasteiger partial charge >= 0.3 is 0 Å². The third-order valence-electron chi connectivity index (χ3n) is 11.7. The van der Waals surface area contributed by atoms with Gasteiger partial charge in [0, 0.05) is 39.6 Å². The first-order valence-electron chi connectivity index (χ1n) is 19.6. The van der Waals surface area contributed by atoms with Crippen LogP contribution >= 0.6 is 0 Å². The van der Waals surface area contributed by atoms with Crippen molar-refractivity contribution in [3.05, 3.63) is 205 Å². The van der Waals surface area contributed by atoms with Crippen molar-refractivity contribution < 1.29 is 4.42 Å². The summed E-state index contributed by atoms with van der Waals surface area (Å²) in [6.45, 7) is 0. The van der Waals surface area contributed by atoms with Crippen molar-refractivity contribution in [2.24, 2.45) is 0 Å². The fourth-order valence-electron chi connectivity index (χ4n) is 8.95. The lowest BCUT2D eigenvalue weighted by atomic mass is 9.85. The molecule has 5 heteroatoms. The molecular weight excluding hydrogens is 709 g/mol. The predicted octanol–water partition coefficient (Wildman–Crippen LogP) is 13.3. The van der Waals surface area contributed by atoms with Crippen LogP contribution in [0.25, 0.3) is 100 Å². The fraction of sp³-hybridized carbons (Fsp3) is 0.0189. The van der Waals surface area contributed by atoms with Crippen LogP contribution in [0.4, 0.5) is 0 Å². The number of benzene rings is 8. The van der Waals surface area contributed by atoms with Crippen LogP contribution < -0.4 is 0 Å². The van der Waals surface area contributed by atoms with Crippen molar-refractivity contribution in [2.45, 2.75) is 5.92 Å². The van der Waals surface area contributed by atoms with Gasteiger partial charge in [-0.3, -0.25) is 0 Å². The molecule has 0 aliphatic heterocycles. The average Bonchev–Trinajstić information content (AvgIpc) is 3.83. The fourth-order valence-corrected chi connectivity index (χ4v) is 8.95. The number of hydrogen-bond donors (Lipinski definition) is 0. The van der Waals surface area contributed by atoms with Gasteiger partial charge in [0.2, 0.25) is 5.71 Å². The van der Waals surface area contributed by atoms with Crippen LogP contribution in [0.2, 0.25) is 0 Å². The highest BCUT2D eigenvalue weighted by Crippen LogP contribution is 2.51. The number of fused-ring (bicyclic) bond motifs is 8. The highest BCUT2D eigenvalue weighted by molar-refractivity contribution is 6.05. The van der Waals surface area contributed by atoms with Gasteiger partial charge in [0.25, 0.3) is 0 Å². The van der Waals surface area contributed by atoms with E-state index in [1.165, 1.54) is 44.0 Å². The number of furan rings is 1. The van der Waals surface area contributed by atoms with E-state index >= 15 is 0 Å². The standard InChI is InChI=1S/C53H32N4O/c1-2-11-32(12-3-1)33-22-24-34(25-23-33)50-55-51(37-26-27-48-46(31-37)44-21-10-28-54-53(44)58-48)57-52(56-50)43-20-9-17-38-39(43)18-8-19-42(38)49-41-16-7-6-15-40(41)45-29-35-13-4-5-14-36(35)30-47(45)49/h1-31,49H. The molecule has 0 bridgehead atoms. The maximum Gasteiger partial charge on any atom is 0.227 e. The number of rotatable bonds is 5. The second kappa shape index (κ2) is 12.9. The molecule has 8 aromatic carbocycles. The summed E-state index contributed by atoms with van der Waals surface area (Å²) in [7, 11) is 0. The van der Waals surface area contributed by atoms with Crippen LogP contribution in [0.3, 0.4) is 0 Å². The van der Waals surface area contributed by atoms with E-state index in [9.17, 15) is 0 Å². The predicted molar refractivity (Wildman–Crippen MR) is 234 cm³/mol. The van der Waals surface area contributed by atoms with Crippen molar-refractivity contribution in [3.8, 4) is 56.4 Å². The Balaban J connectivity index is 1.05. The maximum atomic E-state index is 6.08. The van der Waals surface area contributed by atoms with Gasteiger partial charge in [0.05, 0.1) is 0 Å². The van der Waals surface area contributed by atoms with Gasteiger partial charge in [-0.1, -0.05) is 140 Å². The Kier molecular flexibility index (Phi) is 7.23. The van der Waals surface area contributed by atoms with Crippen molar-refractivity contribution in [3.63, 3.8) is 0 Å². The summed E-state index contributed by atoms with van der Waals surface area (Å²) >= 11 is 0. The number of nitrogens with zero attached hydrogens (tertiary/aromatic N) is 4. The largest absolute Gasteiger partial charge is 0.438 e. The van der Waals surface area contributed by atoms with Crippen LogP contribution in [0.15, 0.2) is 193 Å². The molecular formula is C53H32N4O. The molecule has 3 heterocycles. The molecule has 0 N–H and O–H groups in total. The molecule has 0 radical (unpaired) electrons. The second-order valence-corrected chi connectivity index (χ2v) is 15.0. The third-order valence-corrected chi connectivity index (χ3v) is 11.7. The van der Waals surface area contributed by atoms with Gasteiger partial charge in [-0.15, -0.1) is 0 Å². The summed E-state index contributed by atoms with van der Waals surface area (Å²) in [5.41, 5.74) is 12.9. The van der Waals surface area contributed by atoms with Gasteiger partial charge in [0.1, 0.15) is 5.58 Å². The van der Waals surface area contributed by atoms with E-state index in [4.69, 9.17) is 19.4 Å². The van der Waals surface area contributed by atoms with Crippen molar-refractivity contribution in [1.29, 1.82) is 0 Å². The summed E-state index contributed by atoms with van der Waals surface area (Å²) in [5, 5.41) is 6.70. The minimum absolute atomic E-state index is 0.0772. The Morgan fingerprint density at radius 1 is 0.362 bits per heavy atom. The number of hydrogen-bond acceptors (Lipinski definition) is 5. The zero-order chi connectivity index (χ0) is 38.2. The normalized spacial score (nSPS) is 13.3. The highest BCUT2D eigenvalue weighted by Gasteiger charge is 2.31. The highest BCUT2D eigenvalue weighted by atomic mass is 16.3. The van der Waals surface area contributed by atoms with Gasteiger partial charge in [0.15, 0.2) is 17.5 Å². The molecule has 0 fully saturated rings. The van der Waals surface area contributed by atoms with E-state index in [0.717, 1.165) is 49.6 Å². The molecule has 1 aliphatic rings. The lowest BCUT2D eigenvalue weighted by Crippen LogP contribution is -2.02. The summed E-state index contributed by atoms with van der Waals surface area (Å²) in [6, 6.07) is 64.4. The summed E-state index contributed by atoms with van der Waals surface area (Å²) in [4.78, 5) is 20.1. The second-order valence-electron chi connectivity index (χ2n) is 15.0. The van der Waals surface area contributed by atoms with Crippen molar-refractivity contribution in [1.82, 2.24) is 19.9 Å². The van der Waals surface area contributed by atoms with E-state index in [0.29, 0.717) is 23.2 Å². The van der Waals surface area contributed by atoms with Crippen molar-refractivity contribution >= 4 is 43.6 Å². The van der Waals surface area contributed by atoms with Crippen molar-refractivity contribution in [2.75, 3.05) is 0 Å². The summed E-state index contributed by atoms with van der Waals surface area (Å²) in [5.74, 6) is 1.89. The topological polar surface area (TPSA) is 64.7 Å². The van der Waals surface area contributed by atoms with E-state index in [1.807, 2.05) is 30.3 Å². The first-order valence-corrected chi connectivity index (χ1v) is 19.6. The van der Waals surface area contributed by atoms with Gasteiger partial charge < -0.3 is 4.42 Å². The Bertz CT molecular complexity index is 3410. The lowest BCUT2D eigenvalue weighted by Gasteiger charge is -2.19. The summed E-state index contributed by atoms with van der Waals surface area (Å²) in [6.07, 6.45) is 1.75. The summed E-state index contributed by atoms with van der Waals surface area (Å²) < 4.78 is 6.08. The molecule has 0 amide bonds. The zero-order valence-corrected chi connectivity index (χ0v) is 31.2. The minimum atomic E-state index is 0.0772. The number of pyridine rings is 1. The van der Waals surface area contributed by atoms with Crippen LogP contribution in [0.1, 0.15) is 22.6 Å². The Labute approximate surface area is 334 Å². The van der Waals surface area contributed by atoms with Crippen LogP contribution in [0, 0.1) is 0 Å². The molecule has 3 aromatic heterocycles. The molecule has 0 saturated heterocycles. The Morgan fingerprint density at radius 2 is 1.00 bits per heavy atom. The van der Waals surface area contributed by atoms with Crippen LogP contribution in [-0.4, -0.2) is 19.9 Å². The first-order chi connectivity index (χ1) is 28.7. The number of aromatic nitrogens is 4. The first kappa shape index (κ1) is 32.5. The maximum absolute atomic E-state index is 6.08.